The van der Waals surface area contributed by atoms with E-state index in [4.69, 9.17) is 11.6 Å². The first-order valence-corrected chi connectivity index (χ1v) is 11.4. The predicted octanol–water partition coefficient (Wildman–Crippen LogP) is 4.29. The Morgan fingerprint density at radius 3 is 2.58 bits per heavy atom. The lowest BCUT2D eigenvalue weighted by Gasteiger charge is -2.34. The van der Waals surface area contributed by atoms with Gasteiger partial charge in [-0.2, -0.15) is 5.10 Å². The van der Waals surface area contributed by atoms with Gasteiger partial charge in [0.1, 0.15) is 0 Å². The van der Waals surface area contributed by atoms with E-state index in [1.54, 1.807) is 6.20 Å². The third-order valence-corrected chi connectivity index (χ3v) is 6.38. The molecule has 0 unspecified atom stereocenters. The van der Waals surface area contributed by atoms with E-state index in [0.717, 1.165) is 49.9 Å². The van der Waals surface area contributed by atoms with Gasteiger partial charge in [0.15, 0.2) is 0 Å². The molecule has 1 saturated carbocycles. The minimum absolute atomic E-state index is 0.525. The van der Waals surface area contributed by atoms with Crippen molar-refractivity contribution in [1.29, 1.82) is 0 Å². The summed E-state index contributed by atoms with van der Waals surface area (Å²) >= 11 is 6.40. The lowest BCUT2D eigenvalue weighted by molar-refractivity contribution is 0.313. The van der Waals surface area contributed by atoms with Crippen molar-refractivity contribution in [3.8, 4) is 11.3 Å². The van der Waals surface area contributed by atoms with Crippen LogP contribution in [0.1, 0.15) is 19.3 Å². The summed E-state index contributed by atoms with van der Waals surface area (Å²) in [6, 6.07) is 8.44. The monoisotopic (exact) mass is 437 g/mol. The number of hydrogen-bond donors (Lipinski definition) is 1. The normalized spacial score (nSPS) is 17.2. The van der Waals surface area contributed by atoms with Gasteiger partial charge in [0.2, 0.25) is 5.95 Å². The molecule has 0 bridgehead atoms. The van der Waals surface area contributed by atoms with E-state index >= 15 is 0 Å². The summed E-state index contributed by atoms with van der Waals surface area (Å²) in [5.74, 6) is 1.41. The third kappa shape index (κ3) is 4.99. The molecule has 1 N–H and O–H groups in total. The average molecular weight is 438 g/mol. The number of likely N-dealkylation sites (N-methyl/N-ethyl adjacent to an activating group) is 1. The Bertz CT molecular complexity index is 1020. The molecule has 2 fully saturated rings. The molecule has 0 atom stereocenters. The van der Waals surface area contributed by atoms with Gasteiger partial charge in [0.05, 0.1) is 23.1 Å². The highest BCUT2D eigenvalue weighted by Gasteiger charge is 2.21. The fraction of sp³-hybridized carbons (Fsp3) is 0.435. The van der Waals surface area contributed by atoms with Crippen molar-refractivity contribution in [2.75, 3.05) is 43.4 Å². The number of piperazine rings is 1. The number of anilines is 3. The van der Waals surface area contributed by atoms with Crippen LogP contribution in [0.4, 0.5) is 17.3 Å². The van der Waals surface area contributed by atoms with E-state index in [-0.39, 0.29) is 0 Å². The number of hydrogen-bond acceptors (Lipinski definition) is 6. The van der Waals surface area contributed by atoms with Gasteiger partial charge >= 0.3 is 0 Å². The first kappa shape index (κ1) is 20.3. The van der Waals surface area contributed by atoms with Crippen molar-refractivity contribution in [3.05, 3.63) is 47.9 Å². The van der Waals surface area contributed by atoms with Gasteiger partial charge in [-0.3, -0.25) is 4.68 Å². The molecular formula is C23H28ClN7. The van der Waals surface area contributed by atoms with E-state index in [1.165, 1.54) is 24.9 Å². The quantitative estimate of drug-likeness (QED) is 0.595. The lowest BCUT2D eigenvalue weighted by Crippen LogP contribution is -2.44. The van der Waals surface area contributed by atoms with Crippen LogP contribution < -0.4 is 10.2 Å². The fourth-order valence-corrected chi connectivity index (χ4v) is 4.11. The second-order valence-electron chi connectivity index (χ2n) is 8.58. The topological polar surface area (TPSA) is 62.1 Å². The number of benzene rings is 1. The van der Waals surface area contributed by atoms with Gasteiger partial charge in [-0.25, -0.2) is 9.97 Å². The van der Waals surface area contributed by atoms with Crippen LogP contribution in [-0.2, 0) is 6.54 Å². The first-order chi connectivity index (χ1) is 15.1. The minimum atomic E-state index is 0.525. The maximum Gasteiger partial charge on any atom is 0.227 e. The number of nitrogens with zero attached hydrogens (tertiary/aromatic N) is 6. The van der Waals surface area contributed by atoms with Crippen molar-refractivity contribution in [1.82, 2.24) is 24.6 Å². The molecule has 7 nitrogen and oxygen atoms in total. The summed E-state index contributed by atoms with van der Waals surface area (Å²) in [6.07, 6.45) is 9.40. The second-order valence-corrected chi connectivity index (χ2v) is 8.98. The standard InChI is InChI=1S/C23H28ClN7/c1-29-10-12-30(13-11-29)20-6-4-19(5-7-20)27-23-25-15-21(24)22(28-23)18-14-26-31(16-18)9-8-17-2-3-17/h4-7,14-17H,2-3,8-13H2,1H3,(H,25,27,28). The average Bonchev–Trinajstić information content (AvgIpc) is 3.50. The summed E-state index contributed by atoms with van der Waals surface area (Å²) < 4.78 is 1.98. The van der Waals surface area contributed by atoms with Gasteiger partial charge in [-0.1, -0.05) is 24.4 Å². The SMILES string of the molecule is CN1CCN(c2ccc(Nc3ncc(Cl)c(-c4cnn(CCC5CC5)c4)n3)cc2)CC1. The predicted molar refractivity (Wildman–Crippen MR) is 125 cm³/mol. The van der Waals surface area contributed by atoms with Crippen molar-refractivity contribution >= 4 is 28.9 Å². The first-order valence-electron chi connectivity index (χ1n) is 11.0. The summed E-state index contributed by atoms with van der Waals surface area (Å²) in [5.41, 5.74) is 3.81. The van der Waals surface area contributed by atoms with Gasteiger partial charge in [0, 0.05) is 55.9 Å². The Morgan fingerprint density at radius 1 is 1.06 bits per heavy atom. The zero-order valence-electron chi connectivity index (χ0n) is 17.8. The zero-order chi connectivity index (χ0) is 21.2. The van der Waals surface area contributed by atoms with Crippen LogP contribution in [-0.4, -0.2) is 57.9 Å². The third-order valence-electron chi connectivity index (χ3n) is 6.11. The van der Waals surface area contributed by atoms with Crippen LogP contribution in [0.2, 0.25) is 5.02 Å². The number of rotatable bonds is 7. The highest BCUT2D eigenvalue weighted by Crippen LogP contribution is 2.33. The molecule has 1 aromatic carbocycles. The van der Waals surface area contributed by atoms with Crippen molar-refractivity contribution in [3.63, 3.8) is 0 Å². The Kier molecular flexibility index (Phi) is 5.78. The maximum atomic E-state index is 6.40. The van der Waals surface area contributed by atoms with E-state index in [2.05, 4.69) is 61.5 Å². The highest BCUT2D eigenvalue weighted by atomic mass is 35.5. The van der Waals surface area contributed by atoms with E-state index in [1.807, 2.05) is 17.1 Å². The molecule has 1 aliphatic heterocycles. The van der Waals surface area contributed by atoms with Crippen LogP contribution in [0.15, 0.2) is 42.9 Å². The fourth-order valence-electron chi connectivity index (χ4n) is 3.91. The van der Waals surface area contributed by atoms with E-state index in [0.29, 0.717) is 16.7 Å². The maximum absolute atomic E-state index is 6.40. The van der Waals surface area contributed by atoms with E-state index in [9.17, 15) is 0 Å². The second kappa shape index (κ2) is 8.85. The molecule has 0 radical (unpaired) electrons. The Balaban J connectivity index is 1.26. The highest BCUT2D eigenvalue weighted by molar-refractivity contribution is 6.32. The van der Waals surface area contributed by atoms with Crippen molar-refractivity contribution < 1.29 is 0 Å². The van der Waals surface area contributed by atoms with Crippen LogP contribution in [0.3, 0.4) is 0 Å². The number of nitrogens with one attached hydrogen (secondary N) is 1. The molecule has 31 heavy (non-hydrogen) atoms. The molecule has 2 aliphatic rings. The van der Waals surface area contributed by atoms with Gasteiger partial charge in [-0.05, 0) is 43.7 Å². The summed E-state index contributed by atoms with van der Waals surface area (Å²) in [6.45, 7) is 5.25. The molecule has 2 aromatic heterocycles. The lowest BCUT2D eigenvalue weighted by atomic mass is 10.2. The molecular weight excluding hydrogens is 410 g/mol. The number of halogens is 1. The minimum Gasteiger partial charge on any atom is -0.369 e. The van der Waals surface area contributed by atoms with Gasteiger partial charge in [-0.15, -0.1) is 0 Å². The Morgan fingerprint density at radius 2 is 1.84 bits per heavy atom. The molecule has 5 rings (SSSR count). The Hall–Kier alpha value is -2.64. The number of aryl methyl sites for hydroxylation is 1. The van der Waals surface area contributed by atoms with Gasteiger partial charge < -0.3 is 15.1 Å². The summed E-state index contributed by atoms with van der Waals surface area (Å²) in [7, 11) is 2.17. The molecule has 1 aliphatic carbocycles. The molecule has 0 amide bonds. The van der Waals surface area contributed by atoms with Crippen LogP contribution in [0, 0.1) is 5.92 Å². The molecule has 1 saturated heterocycles. The van der Waals surface area contributed by atoms with Crippen LogP contribution in [0.5, 0.6) is 0 Å². The van der Waals surface area contributed by atoms with Gasteiger partial charge in [0.25, 0.3) is 0 Å². The molecule has 8 heteroatoms. The van der Waals surface area contributed by atoms with E-state index < -0.39 is 0 Å². The molecule has 0 spiro atoms. The van der Waals surface area contributed by atoms with Crippen LogP contribution in [0.25, 0.3) is 11.3 Å². The molecule has 162 valence electrons. The smallest absolute Gasteiger partial charge is 0.227 e. The van der Waals surface area contributed by atoms with Crippen LogP contribution >= 0.6 is 11.6 Å². The van der Waals surface area contributed by atoms with Crippen molar-refractivity contribution in [2.45, 2.75) is 25.8 Å². The largest absolute Gasteiger partial charge is 0.369 e. The number of aromatic nitrogens is 4. The summed E-state index contributed by atoms with van der Waals surface area (Å²) in [4.78, 5) is 13.8. The summed E-state index contributed by atoms with van der Waals surface area (Å²) in [5, 5.41) is 8.30. The Labute approximate surface area is 188 Å². The zero-order valence-corrected chi connectivity index (χ0v) is 18.6. The molecule has 3 aromatic rings. The molecule has 3 heterocycles. The van der Waals surface area contributed by atoms with Crippen molar-refractivity contribution in [2.24, 2.45) is 5.92 Å².